The molecule has 66 valence electrons. The third-order valence-corrected chi connectivity index (χ3v) is 1.69. The molecule has 0 radical (unpaired) electrons. The van der Waals surface area contributed by atoms with Crippen molar-refractivity contribution < 1.29 is 13.5 Å². The van der Waals surface area contributed by atoms with Crippen LogP contribution in [0.1, 0.15) is 0 Å². The van der Waals surface area contributed by atoms with Crippen LogP contribution in [0.15, 0.2) is 24.7 Å². The fourth-order valence-electron chi connectivity index (χ4n) is 1.11. The molecule has 0 aliphatic rings. The lowest BCUT2D eigenvalue weighted by molar-refractivity contribution is -0.580. The van der Waals surface area contributed by atoms with Gasteiger partial charge in [-0.3, -0.25) is 0 Å². The van der Waals surface area contributed by atoms with E-state index in [1.165, 1.54) is 6.20 Å². The van der Waals surface area contributed by atoms with E-state index in [1.54, 1.807) is 0 Å². The number of benzene rings is 1. The molecule has 0 saturated heterocycles. The Balaban J connectivity index is 2.94. The minimum Gasteiger partial charge on any atom is -0.710 e. The summed E-state index contributed by atoms with van der Waals surface area (Å²) in [6.45, 7) is 0. The van der Waals surface area contributed by atoms with Gasteiger partial charge in [-0.2, -0.15) is 0 Å². The third-order valence-electron chi connectivity index (χ3n) is 1.69. The monoisotopic (exact) mass is 182 g/mol. The van der Waals surface area contributed by atoms with Crippen LogP contribution in [0.4, 0.5) is 8.78 Å². The van der Waals surface area contributed by atoms with Crippen molar-refractivity contribution in [1.82, 2.24) is 4.98 Å². The van der Waals surface area contributed by atoms with Gasteiger partial charge in [0.15, 0.2) is 6.20 Å². The van der Waals surface area contributed by atoms with E-state index < -0.39 is 11.6 Å². The van der Waals surface area contributed by atoms with Gasteiger partial charge in [-0.05, 0) is 0 Å². The molecule has 0 bridgehead atoms. The van der Waals surface area contributed by atoms with Crippen LogP contribution in [0.25, 0.3) is 10.9 Å². The average molecular weight is 182 g/mol. The van der Waals surface area contributed by atoms with E-state index in [2.05, 4.69) is 4.98 Å². The van der Waals surface area contributed by atoms with Crippen LogP contribution in [0.5, 0.6) is 0 Å². The summed E-state index contributed by atoms with van der Waals surface area (Å²) in [4.78, 5) is 3.49. The van der Waals surface area contributed by atoms with E-state index >= 15 is 0 Å². The Hall–Kier alpha value is -1.78. The van der Waals surface area contributed by atoms with Crippen LogP contribution in [0.2, 0.25) is 0 Å². The number of hydrogen-bond acceptors (Lipinski definition) is 2. The molecule has 5 heteroatoms. The van der Waals surface area contributed by atoms with Crippen molar-refractivity contribution in [3.05, 3.63) is 41.5 Å². The highest BCUT2D eigenvalue weighted by atomic mass is 19.1. The number of halogens is 2. The van der Waals surface area contributed by atoms with Crippen molar-refractivity contribution >= 4 is 10.9 Å². The van der Waals surface area contributed by atoms with E-state index in [0.29, 0.717) is 10.8 Å². The molecule has 0 saturated carbocycles. The maximum absolute atomic E-state index is 13.0. The second-order valence-corrected chi connectivity index (χ2v) is 2.54. The maximum Gasteiger partial charge on any atom is 0.289 e. The second-order valence-electron chi connectivity index (χ2n) is 2.54. The first-order valence-electron chi connectivity index (χ1n) is 3.50. The van der Waals surface area contributed by atoms with Gasteiger partial charge in [-0.25, -0.2) is 13.5 Å². The second kappa shape index (κ2) is 2.62. The molecule has 1 aromatic carbocycles. The van der Waals surface area contributed by atoms with Gasteiger partial charge in [0.05, 0.1) is 0 Å². The van der Waals surface area contributed by atoms with Gasteiger partial charge in [-0.1, -0.05) is 4.98 Å². The van der Waals surface area contributed by atoms with Crippen LogP contribution in [-0.4, -0.2) is 4.98 Å². The summed E-state index contributed by atoms with van der Waals surface area (Å²) >= 11 is 0. The number of fused-ring (bicyclic) bond motifs is 1. The van der Waals surface area contributed by atoms with E-state index in [9.17, 15) is 14.0 Å². The minimum atomic E-state index is -0.785. The number of hydrogen-bond donors (Lipinski definition) is 0. The molecule has 0 atom stereocenters. The Morgan fingerprint density at radius 2 is 2.08 bits per heavy atom. The van der Waals surface area contributed by atoms with Gasteiger partial charge in [0.2, 0.25) is 0 Å². The predicted molar refractivity (Wildman–Crippen MR) is 40.6 cm³/mol. The molecule has 0 fully saturated rings. The zero-order valence-corrected chi connectivity index (χ0v) is 6.37. The topological polar surface area (TPSA) is 39.8 Å². The number of nitrogens with zero attached hydrogens (tertiary/aromatic N) is 2. The molecule has 13 heavy (non-hydrogen) atoms. The summed E-state index contributed by atoms with van der Waals surface area (Å²) < 4.78 is 26.0. The Morgan fingerprint density at radius 1 is 1.31 bits per heavy atom. The van der Waals surface area contributed by atoms with Crippen molar-refractivity contribution in [2.24, 2.45) is 0 Å². The standard InChI is InChI=1S/C8H4F2N2O/c9-5-1-7(10)6-3-11-4-12(13)8(6)2-5/h1-4H. The fraction of sp³-hybridized carbons (Fsp3) is 0. The molecule has 3 nitrogen and oxygen atoms in total. The third kappa shape index (κ3) is 1.18. The molecule has 0 N–H and O–H groups in total. The van der Waals surface area contributed by atoms with Crippen LogP contribution >= 0.6 is 0 Å². The highest BCUT2D eigenvalue weighted by Crippen LogP contribution is 2.14. The smallest absolute Gasteiger partial charge is 0.289 e. The maximum atomic E-state index is 13.0. The van der Waals surface area contributed by atoms with Gasteiger partial charge in [0.1, 0.15) is 22.5 Å². The Morgan fingerprint density at radius 3 is 2.85 bits per heavy atom. The zero-order chi connectivity index (χ0) is 9.42. The average Bonchev–Trinajstić information content (AvgIpc) is 2.07. The molecular formula is C8H4F2N2O. The van der Waals surface area contributed by atoms with Crippen molar-refractivity contribution in [2.75, 3.05) is 0 Å². The molecule has 0 spiro atoms. The molecule has 0 aliphatic heterocycles. The molecule has 1 aromatic heterocycles. The number of aromatic nitrogens is 2. The molecular weight excluding hydrogens is 178 g/mol. The van der Waals surface area contributed by atoms with Crippen molar-refractivity contribution in [1.29, 1.82) is 0 Å². The first-order chi connectivity index (χ1) is 6.18. The van der Waals surface area contributed by atoms with Crippen LogP contribution < -0.4 is 4.73 Å². The Kier molecular flexibility index (Phi) is 1.58. The van der Waals surface area contributed by atoms with Crippen molar-refractivity contribution in [2.45, 2.75) is 0 Å². The van der Waals surface area contributed by atoms with Gasteiger partial charge in [-0.15, -0.1) is 0 Å². The summed E-state index contributed by atoms with van der Waals surface area (Å²) in [6, 6.07) is 1.68. The molecule has 0 amide bonds. The summed E-state index contributed by atoms with van der Waals surface area (Å²) in [6.07, 6.45) is 2.12. The number of rotatable bonds is 0. The van der Waals surface area contributed by atoms with E-state index in [4.69, 9.17) is 0 Å². The lowest BCUT2D eigenvalue weighted by Gasteiger charge is -2.03. The lowest BCUT2D eigenvalue weighted by atomic mass is 10.2. The van der Waals surface area contributed by atoms with Gasteiger partial charge >= 0.3 is 0 Å². The summed E-state index contributed by atoms with van der Waals surface area (Å²) in [5.41, 5.74) is -0.0625. The summed E-state index contributed by atoms with van der Waals surface area (Å²) in [5, 5.41) is 11.0. The molecule has 1 heterocycles. The quantitative estimate of drug-likeness (QED) is 0.452. The van der Waals surface area contributed by atoms with Crippen molar-refractivity contribution in [3.8, 4) is 0 Å². The van der Waals surface area contributed by atoms with Crippen molar-refractivity contribution in [3.63, 3.8) is 0 Å². The fourth-order valence-corrected chi connectivity index (χ4v) is 1.11. The molecule has 0 unspecified atom stereocenters. The molecule has 0 aliphatic carbocycles. The first-order valence-corrected chi connectivity index (χ1v) is 3.50. The van der Waals surface area contributed by atoms with E-state index in [-0.39, 0.29) is 10.9 Å². The normalized spacial score (nSPS) is 10.6. The van der Waals surface area contributed by atoms with E-state index in [0.717, 1.165) is 12.4 Å². The Labute approximate surface area is 71.8 Å². The van der Waals surface area contributed by atoms with E-state index in [1.807, 2.05) is 0 Å². The Bertz CT molecular complexity index is 473. The van der Waals surface area contributed by atoms with Crippen LogP contribution in [0.3, 0.4) is 0 Å². The lowest BCUT2D eigenvalue weighted by Crippen LogP contribution is -2.27. The first kappa shape index (κ1) is 7.85. The summed E-state index contributed by atoms with van der Waals surface area (Å²) in [5.74, 6) is -1.56. The largest absolute Gasteiger partial charge is 0.710 e. The van der Waals surface area contributed by atoms with Crippen LogP contribution in [-0.2, 0) is 0 Å². The van der Waals surface area contributed by atoms with Crippen LogP contribution in [0, 0.1) is 16.8 Å². The molecule has 2 rings (SSSR count). The summed E-state index contributed by atoms with van der Waals surface area (Å²) in [7, 11) is 0. The van der Waals surface area contributed by atoms with Gasteiger partial charge < -0.3 is 5.21 Å². The minimum absolute atomic E-state index is 0.0129. The zero-order valence-electron chi connectivity index (χ0n) is 6.37. The van der Waals surface area contributed by atoms with Gasteiger partial charge in [0.25, 0.3) is 6.33 Å². The SMILES string of the molecule is [O-][n+]1cncc2c(F)cc(F)cc21. The molecule has 2 aromatic rings. The highest BCUT2D eigenvalue weighted by molar-refractivity contribution is 5.75. The highest BCUT2D eigenvalue weighted by Gasteiger charge is 2.08. The van der Waals surface area contributed by atoms with Gasteiger partial charge in [0, 0.05) is 12.1 Å². The predicted octanol–water partition coefficient (Wildman–Crippen LogP) is 1.15.